The van der Waals surface area contributed by atoms with Gasteiger partial charge in [0.15, 0.2) is 0 Å². The average molecular weight is 329 g/mol. The molecule has 20 heavy (non-hydrogen) atoms. The first-order valence-electron chi connectivity index (χ1n) is 6.23. The van der Waals surface area contributed by atoms with E-state index in [1.165, 1.54) is 0 Å². The van der Waals surface area contributed by atoms with Crippen molar-refractivity contribution in [1.82, 2.24) is 15.2 Å². The number of H-pyrrole nitrogens is 1. The molecule has 0 bridgehead atoms. The molecule has 2 heterocycles. The molecule has 5 heteroatoms. The summed E-state index contributed by atoms with van der Waals surface area (Å²) < 4.78 is 1.02. The SMILES string of the molecule is NCc1[nH]nc(-c2cccc(Br)c2)c1-c1ccncc1. The van der Waals surface area contributed by atoms with Crippen molar-refractivity contribution < 1.29 is 0 Å². The van der Waals surface area contributed by atoms with E-state index < -0.39 is 0 Å². The van der Waals surface area contributed by atoms with Gasteiger partial charge in [-0.3, -0.25) is 10.1 Å². The summed E-state index contributed by atoms with van der Waals surface area (Å²) in [6, 6.07) is 12.0. The highest BCUT2D eigenvalue weighted by Crippen LogP contribution is 2.33. The molecule has 3 rings (SSSR count). The highest BCUT2D eigenvalue weighted by Gasteiger charge is 2.15. The maximum absolute atomic E-state index is 5.81. The van der Waals surface area contributed by atoms with Gasteiger partial charge in [0.25, 0.3) is 0 Å². The average Bonchev–Trinajstić information content (AvgIpc) is 2.92. The number of nitrogens with two attached hydrogens (primary N) is 1. The standard InChI is InChI=1S/C15H13BrN4/c16-12-3-1-2-11(8-12)15-14(13(9-17)19-20-15)10-4-6-18-7-5-10/h1-8H,9,17H2,(H,19,20). The van der Waals surface area contributed by atoms with Crippen LogP contribution in [-0.4, -0.2) is 15.2 Å². The van der Waals surface area contributed by atoms with Gasteiger partial charge in [0.2, 0.25) is 0 Å². The first kappa shape index (κ1) is 13.0. The van der Waals surface area contributed by atoms with Gasteiger partial charge >= 0.3 is 0 Å². The summed E-state index contributed by atoms with van der Waals surface area (Å²) in [5, 5.41) is 7.46. The Labute approximate surface area is 125 Å². The summed E-state index contributed by atoms with van der Waals surface area (Å²) in [7, 11) is 0. The Morgan fingerprint density at radius 3 is 2.60 bits per heavy atom. The van der Waals surface area contributed by atoms with Gasteiger partial charge in [-0.05, 0) is 29.8 Å². The summed E-state index contributed by atoms with van der Waals surface area (Å²) in [4.78, 5) is 4.06. The molecule has 3 aromatic rings. The molecule has 0 saturated heterocycles. The number of nitrogens with zero attached hydrogens (tertiary/aromatic N) is 2. The molecule has 1 aromatic carbocycles. The number of rotatable bonds is 3. The molecule has 0 radical (unpaired) electrons. The number of benzene rings is 1. The fourth-order valence-electron chi connectivity index (χ4n) is 2.20. The molecule has 0 fully saturated rings. The Morgan fingerprint density at radius 1 is 1.10 bits per heavy atom. The minimum absolute atomic E-state index is 0.415. The molecule has 100 valence electrons. The van der Waals surface area contributed by atoms with Crippen molar-refractivity contribution in [2.45, 2.75) is 6.54 Å². The van der Waals surface area contributed by atoms with Crippen LogP contribution in [0.2, 0.25) is 0 Å². The quantitative estimate of drug-likeness (QED) is 0.774. The third kappa shape index (κ3) is 2.37. The molecule has 0 aliphatic heterocycles. The maximum atomic E-state index is 5.81. The molecule has 4 nitrogen and oxygen atoms in total. The fourth-order valence-corrected chi connectivity index (χ4v) is 2.60. The first-order chi connectivity index (χ1) is 9.79. The second kappa shape index (κ2) is 5.56. The van der Waals surface area contributed by atoms with Crippen molar-refractivity contribution in [1.29, 1.82) is 0 Å². The van der Waals surface area contributed by atoms with Crippen LogP contribution in [0.25, 0.3) is 22.4 Å². The van der Waals surface area contributed by atoms with E-state index >= 15 is 0 Å². The van der Waals surface area contributed by atoms with Crippen LogP contribution in [0, 0.1) is 0 Å². The van der Waals surface area contributed by atoms with Crippen LogP contribution in [0.5, 0.6) is 0 Å². The molecule has 2 aromatic heterocycles. The highest BCUT2D eigenvalue weighted by atomic mass is 79.9. The van der Waals surface area contributed by atoms with Gasteiger partial charge in [-0.1, -0.05) is 28.1 Å². The smallest absolute Gasteiger partial charge is 0.100 e. The number of aromatic amines is 1. The number of hydrogen-bond acceptors (Lipinski definition) is 3. The minimum atomic E-state index is 0.415. The monoisotopic (exact) mass is 328 g/mol. The van der Waals surface area contributed by atoms with Crippen molar-refractivity contribution in [2.24, 2.45) is 5.73 Å². The normalized spacial score (nSPS) is 10.7. The Morgan fingerprint density at radius 2 is 1.90 bits per heavy atom. The molecule has 0 spiro atoms. The summed E-state index contributed by atoms with van der Waals surface area (Å²) in [5.74, 6) is 0. The van der Waals surface area contributed by atoms with Crippen LogP contribution in [0.15, 0.2) is 53.3 Å². The topological polar surface area (TPSA) is 67.6 Å². The van der Waals surface area contributed by atoms with Gasteiger partial charge in [0.05, 0.1) is 5.69 Å². The van der Waals surface area contributed by atoms with Crippen molar-refractivity contribution in [3.05, 3.63) is 59.0 Å². The Balaban J connectivity index is 2.20. The Bertz CT molecular complexity index is 722. The molecule has 3 N–H and O–H groups in total. The van der Waals surface area contributed by atoms with E-state index in [1.807, 2.05) is 36.4 Å². The summed E-state index contributed by atoms with van der Waals surface area (Å²) in [6.45, 7) is 0.415. The Hall–Kier alpha value is -1.98. The summed E-state index contributed by atoms with van der Waals surface area (Å²) in [5.41, 5.74) is 10.8. The van der Waals surface area contributed by atoms with E-state index in [2.05, 4.69) is 31.1 Å². The minimum Gasteiger partial charge on any atom is -0.325 e. The highest BCUT2D eigenvalue weighted by molar-refractivity contribution is 9.10. The van der Waals surface area contributed by atoms with E-state index in [1.54, 1.807) is 12.4 Å². The number of nitrogens with one attached hydrogen (secondary N) is 1. The first-order valence-corrected chi connectivity index (χ1v) is 7.02. The number of hydrogen-bond donors (Lipinski definition) is 2. The van der Waals surface area contributed by atoms with Gasteiger partial charge in [-0.15, -0.1) is 0 Å². The molecule has 0 unspecified atom stereocenters. The predicted molar refractivity (Wildman–Crippen MR) is 82.8 cm³/mol. The van der Waals surface area contributed by atoms with Gasteiger partial charge < -0.3 is 5.73 Å². The lowest BCUT2D eigenvalue weighted by molar-refractivity contribution is 0.949. The third-order valence-electron chi connectivity index (χ3n) is 3.11. The molecule has 0 atom stereocenters. The van der Waals surface area contributed by atoms with Crippen LogP contribution in [0.1, 0.15) is 5.69 Å². The number of aromatic nitrogens is 3. The molecule has 0 amide bonds. The fraction of sp³-hybridized carbons (Fsp3) is 0.0667. The lowest BCUT2D eigenvalue weighted by atomic mass is 10.00. The van der Waals surface area contributed by atoms with E-state index in [0.29, 0.717) is 6.54 Å². The largest absolute Gasteiger partial charge is 0.325 e. The lowest BCUT2D eigenvalue weighted by Gasteiger charge is -2.05. The third-order valence-corrected chi connectivity index (χ3v) is 3.61. The van der Waals surface area contributed by atoms with Crippen molar-refractivity contribution in [3.8, 4) is 22.4 Å². The van der Waals surface area contributed by atoms with E-state index in [-0.39, 0.29) is 0 Å². The number of pyridine rings is 1. The van der Waals surface area contributed by atoms with Crippen LogP contribution < -0.4 is 5.73 Å². The summed E-state index contributed by atoms with van der Waals surface area (Å²) >= 11 is 3.49. The molecule has 0 aliphatic carbocycles. The molecule has 0 aliphatic rings. The molecular formula is C15H13BrN4. The lowest BCUT2D eigenvalue weighted by Crippen LogP contribution is -1.98. The maximum Gasteiger partial charge on any atom is 0.100 e. The van der Waals surface area contributed by atoms with E-state index in [9.17, 15) is 0 Å². The zero-order valence-corrected chi connectivity index (χ0v) is 12.3. The van der Waals surface area contributed by atoms with Crippen LogP contribution in [-0.2, 0) is 6.54 Å². The molecular weight excluding hydrogens is 316 g/mol. The Kier molecular flexibility index (Phi) is 3.62. The molecule has 0 saturated carbocycles. The van der Waals surface area contributed by atoms with Gasteiger partial charge in [-0.25, -0.2) is 0 Å². The van der Waals surface area contributed by atoms with Crippen LogP contribution >= 0.6 is 15.9 Å². The predicted octanol–water partition coefficient (Wildman–Crippen LogP) is 3.36. The van der Waals surface area contributed by atoms with Crippen molar-refractivity contribution >= 4 is 15.9 Å². The van der Waals surface area contributed by atoms with Gasteiger partial charge in [0.1, 0.15) is 5.69 Å². The zero-order valence-electron chi connectivity index (χ0n) is 10.7. The van der Waals surface area contributed by atoms with Crippen LogP contribution in [0.3, 0.4) is 0 Å². The second-order valence-corrected chi connectivity index (χ2v) is 5.29. The van der Waals surface area contributed by atoms with Crippen molar-refractivity contribution in [2.75, 3.05) is 0 Å². The van der Waals surface area contributed by atoms with E-state index in [0.717, 1.165) is 32.6 Å². The zero-order chi connectivity index (χ0) is 13.9. The van der Waals surface area contributed by atoms with E-state index in [4.69, 9.17) is 5.73 Å². The number of halogens is 1. The van der Waals surface area contributed by atoms with Crippen molar-refractivity contribution in [3.63, 3.8) is 0 Å². The van der Waals surface area contributed by atoms with Gasteiger partial charge in [-0.2, -0.15) is 5.10 Å². The summed E-state index contributed by atoms with van der Waals surface area (Å²) in [6.07, 6.45) is 3.54. The second-order valence-electron chi connectivity index (χ2n) is 4.38. The van der Waals surface area contributed by atoms with Gasteiger partial charge in [0, 0.05) is 34.5 Å². The van der Waals surface area contributed by atoms with Crippen LogP contribution in [0.4, 0.5) is 0 Å².